The molecular weight excluding hydrogens is 238 g/mol. The standard InChI is InChI=1S/C15H19N3O/c1-11-2-4-12(5-3-11)15-17-14(10-19-15)9-18-7-6-13(16)8-18/h2-5,10,13H,6-9,16H2,1H3/t13-/m1/s1. The number of oxazole rings is 1. The molecule has 1 saturated heterocycles. The van der Waals surface area contributed by atoms with Crippen molar-refractivity contribution in [1.29, 1.82) is 0 Å². The average molecular weight is 257 g/mol. The fraction of sp³-hybridized carbons (Fsp3) is 0.400. The number of nitrogens with two attached hydrogens (primary N) is 1. The highest BCUT2D eigenvalue weighted by Gasteiger charge is 2.20. The van der Waals surface area contributed by atoms with E-state index in [9.17, 15) is 0 Å². The van der Waals surface area contributed by atoms with Crippen LogP contribution in [0.5, 0.6) is 0 Å². The Morgan fingerprint density at radius 3 is 2.84 bits per heavy atom. The second-order valence-corrected chi connectivity index (χ2v) is 5.29. The van der Waals surface area contributed by atoms with Crippen LogP contribution in [0.2, 0.25) is 0 Å². The molecule has 0 bridgehead atoms. The molecule has 3 rings (SSSR count). The first-order valence-electron chi connectivity index (χ1n) is 6.70. The van der Waals surface area contributed by atoms with Gasteiger partial charge in [-0.15, -0.1) is 0 Å². The summed E-state index contributed by atoms with van der Waals surface area (Å²) in [5.74, 6) is 0.693. The fourth-order valence-electron chi connectivity index (χ4n) is 2.44. The van der Waals surface area contributed by atoms with Gasteiger partial charge in [-0.05, 0) is 25.5 Å². The van der Waals surface area contributed by atoms with Gasteiger partial charge in [-0.3, -0.25) is 4.90 Å². The Labute approximate surface area is 113 Å². The molecule has 1 aromatic carbocycles. The van der Waals surface area contributed by atoms with Crippen LogP contribution in [0.1, 0.15) is 17.7 Å². The van der Waals surface area contributed by atoms with E-state index in [-0.39, 0.29) is 0 Å². The third kappa shape index (κ3) is 2.85. The normalized spacial score (nSPS) is 20.0. The molecule has 0 amide bonds. The van der Waals surface area contributed by atoms with Crippen LogP contribution in [-0.4, -0.2) is 29.0 Å². The zero-order chi connectivity index (χ0) is 13.2. The number of aryl methyl sites for hydroxylation is 1. The lowest BCUT2D eigenvalue weighted by Gasteiger charge is -2.12. The van der Waals surface area contributed by atoms with Gasteiger partial charge in [-0.1, -0.05) is 17.7 Å². The number of rotatable bonds is 3. The van der Waals surface area contributed by atoms with Gasteiger partial charge in [0.1, 0.15) is 6.26 Å². The first-order chi connectivity index (χ1) is 9.20. The molecule has 4 nitrogen and oxygen atoms in total. The van der Waals surface area contributed by atoms with E-state index >= 15 is 0 Å². The predicted molar refractivity (Wildman–Crippen MR) is 74.5 cm³/mol. The van der Waals surface area contributed by atoms with Crippen molar-refractivity contribution in [3.63, 3.8) is 0 Å². The van der Waals surface area contributed by atoms with Crippen molar-refractivity contribution >= 4 is 0 Å². The molecule has 2 N–H and O–H groups in total. The molecule has 2 heterocycles. The van der Waals surface area contributed by atoms with Crippen molar-refractivity contribution in [2.45, 2.75) is 25.9 Å². The number of nitrogens with zero attached hydrogens (tertiary/aromatic N) is 2. The van der Waals surface area contributed by atoms with E-state index < -0.39 is 0 Å². The van der Waals surface area contributed by atoms with Gasteiger partial charge in [-0.2, -0.15) is 0 Å². The summed E-state index contributed by atoms with van der Waals surface area (Å²) in [5.41, 5.74) is 9.14. The van der Waals surface area contributed by atoms with Gasteiger partial charge in [0.2, 0.25) is 5.89 Å². The smallest absolute Gasteiger partial charge is 0.226 e. The van der Waals surface area contributed by atoms with Crippen LogP contribution in [0.15, 0.2) is 34.9 Å². The van der Waals surface area contributed by atoms with Crippen LogP contribution >= 0.6 is 0 Å². The topological polar surface area (TPSA) is 55.3 Å². The molecule has 1 aliphatic heterocycles. The highest BCUT2D eigenvalue weighted by molar-refractivity contribution is 5.53. The minimum atomic E-state index is 0.309. The number of benzene rings is 1. The molecule has 0 unspecified atom stereocenters. The van der Waals surface area contributed by atoms with E-state index in [0.29, 0.717) is 11.9 Å². The number of likely N-dealkylation sites (tertiary alicyclic amines) is 1. The molecule has 19 heavy (non-hydrogen) atoms. The molecule has 1 aromatic heterocycles. The molecule has 0 aliphatic carbocycles. The lowest BCUT2D eigenvalue weighted by atomic mass is 10.1. The third-order valence-electron chi connectivity index (χ3n) is 3.54. The molecule has 1 aliphatic rings. The van der Waals surface area contributed by atoms with Crippen LogP contribution in [0.25, 0.3) is 11.5 Å². The third-order valence-corrected chi connectivity index (χ3v) is 3.54. The van der Waals surface area contributed by atoms with Gasteiger partial charge in [0.25, 0.3) is 0 Å². The van der Waals surface area contributed by atoms with Crippen LogP contribution in [-0.2, 0) is 6.54 Å². The lowest BCUT2D eigenvalue weighted by Crippen LogP contribution is -2.26. The molecule has 0 saturated carbocycles. The Morgan fingerprint density at radius 2 is 2.16 bits per heavy atom. The molecule has 2 aromatic rings. The van der Waals surface area contributed by atoms with Gasteiger partial charge < -0.3 is 10.2 Å². The molecule has 1 fully saturated rings. The summed E-state index contributed by atoms with van der Waals surface area (Å²) < 4.78 is 5.56. The van der Waals surface area contributed by atoms with Crippen molar-refractivity contribution in [2.75, 3.05) is 13.1 Å². The highest BCUT2D eigenvalue weighted by Crippen LogP contribution is 2.20. The van der Waals surface area contributed by atoms with Crippen molar-refractivity contribution in [3.8, 4) is 11.5 Å². The average Bonchev–Trinajstić information content (AvgIpc) is 3.00. The highest BCUT2D eigenvalue weighted by atomic mass is 16.3. The largest absolute Gasteiger partial charge is 0.444 e. The Morgan fingerprint density at radius 1 is 1.37 bits per heavy atom. The maximum absolute atomic E-state index is 5.90. The summed E-state index contributed by atoms with van der Waals surface area (Å²) in [6.07, 6.45) is 2.82. The summed E-state index contributed by atoms with van der Waals surface area (Å²) in [7, 11) is 0. The predicted octanol–water partition coefficient (Wildman–Crippen LogP) is 2.18. The van der Waals surface area contributed by atoms with Crippen molar-refractivity contribution < 1.29 is 4.42 Å². The quantitative estimate of drug-likeness (QED) is 0.915. The van der Waals surface area contributed by atoms with Gasteiger partial charge in [-0.25, -0.2) is 4.98 Å². The molecule has 100 valence electrons. The lowest BCUT2D eigenvalue weighted by molar-refractivity contribution is 0.322. The second kappa shape index (κ2) is 5.15. The first kappa shape index (κ1) is 12.4. The summed E-state index contributed by atoms with van der Waals surface area (Å²) in [4.78, 5) is 6.87. The second-order valence-electron chi connectivity index (χ2n) is 5.29. The maximum Gasteiger partial charge on any atom is 0.226 e. The number of hydrogen-bond donors (Lipinski definition) is 1. The van der Waals surface area contributed by atoms with Crippen LogP contribution in [0.3, 0.4) is 0 Å². The van der Waals surface area contributed by atoms with E-state index in [4.69, 9.17) is 10.2 Å². The van der Waals surface area contributed by atoms with Gasteiger partial charge in [0.15, 0.2) is 0 Å². The monoisotopic (exact) mass is 257 g/mol. The van der Waals surface area contributed by atoms with Crippen molar-refractivity contribution in [3.05, 3.63) is 41.8 Å². The fourth-order valence-corrected chi connectivity index (χ4v) is 2.44. The van der Waals surface area contributed by atoms with E-state index in [2.05, 4.69) is 28.9 Å². The van der Waals surface area contributed by atoms with E-state index in [1.54, 1.807) is 6.26 Å². The molecule has 0 spiro atoms. The number of hydrogen-bond acceptors (Lipinski definition) is 4. The summed E-state index contributed by atoms with van der Waals surface area (Å²) in [5, 5.41) is 0. The molecular formula is C15H19N3O. The summed E-state index contributed by atoms with van der Waals surface area (Å²) >= 11 is 0. The zero-order valence-corrected chi connectivity index (χ0v) is 11.2. The SMILES string of the molecule is Cc1ccc(-c2nc(CN3CC[C@@H](N)C3)co2)cc1. The van der Waals surface area contributed by atoms with Crippen LogP contribution in [0.4, 0.5) is 0 Å². The van der Waals surface area contributed by atoms with Gasteiger partial charge >= 0.3 is 0 Å². The zero-order valence-electron chi connectivity index (χ0n) is 11.2. The summed E-state index contributed by atoms with van der Waals surface area (Å²) in [6.45, 7) is 4.89. The minimum absolute atomic E-state index is 0.309. The van der Waals surface area contributed by atoms with Crippen molar-refractivity contribution in [2.24, 2.45) is 5.73 Å². The Kier molecular flexibility index (Phi) is 3.36. The molecule has 1 atom stereocenters. The molecule has 0 radical (unpaired) electrons. The number of aromatic nitrogens is 1. The van der Waals surface area contributed by atoms with E-state index in [1.165, 1.54) is 5.56 Å². The maximum atomic E-state index is 5.90. The minimum Gasteiger partial charge on any atom is -0.444 e. The van der Waals surface area contributed by atoms with Crippen LogP contribution < -0.4 is 5.73 Å². The van der Waals surface area contributed by atoms with E-state index in [1.807, 2.05) is 12.1 Å². The van der Waals surface area contributed by atoms with Gasteiger partial charge in [0, 0.05) is 31.2 Å². The first-order valence-corrected chi connectivity index (χ1v) is 6.70. The van der Waals surface area contributed by atoms with E-state index in [0.717, 1.165) is 37.3 Å². The molecule has 4 heteroatoms. The van der Waals surface area contributed by atoms with Gasteiger partial charge in [0.05, 0.1) is 5.69 Å². The van der Waals surface area contributed by atoms with Crippen LogP contribution in [0, 0.1) is 6.92 Å². The van der Waals surface area contributed by atoms with Crippen molar-refractivity contribution in [1.82, 2.24) is 9.88 Å². The Hall–Kier alpha value is -1.65. The summed E-state index contributed by atoms with van der Waals surface area (Å²) in [6, 6.07) is 8.52. The Bertz CT molecular complexity index is 547. The Balaban J connectivity index is 1.71.